The van der Waals surface area contributed by atoms with E-state index in [1.807, 2.05) is 0 Å². The van der Waals surface area contributed by atoms with E-state index in [2.05, 4.69) is 10.6 Å². The lowest BCUT2D eigenvalue weighted by Gasteiger charge is -2.07. The van der Waals surface area contributed by atoms with Crippen molar-refractivity contribution in [1.82, 2.24) is 10.6 Å². The molecular weight excluding hydrogens is 219 g/mol. The Morgan fingerprint density at radius 3 is 2.87 bits per heavy atom. The summed E-state index contributed by atoms with van der Waals surface area (Å²) in [5.74, 6) is -0.607. The van der Waals surface area contributed by atoms with Crippen LogP contribution < -0.4 is 10.6 Å². The Balaban J connectivity index is 2.61. The van der Waals surface area contributed by atoms with Crippen molar-refractivity contribution in [2.75, 3.05) is 13.6 Å². The highest BCUT2D eigenvalue weighted by Gasteiger charge is 2.07. The number of hydrogen-bond acceptors (Lipinski definition) is 2. The minimum atomic E-state index is -0.410. The van der Waals surface area contributed by atoms with Gasteiger partial charge in [0.1, 0.15) is 5.82 Å². The fraction of sp³-hybridized carbons (Fsp3) is 0.300. The summed E-state index contributed by atoms with van der Waals surface area (Å²) in [6.45, 7) is 0.304. The van der Waals surface area contributed by atoms with Gasteiger partial charge in [0.05, 0.1) is 6.54 Å². The number of halogens is 2. The van der Waals surface area contributed by atoms with E-state index in [0.29, 0.717) is 10.6 Å². The molecule has 0 heterocycles. The Morgan fingerprint density at radius 2 is 2.27 bits per heavy atom. The summed E-state index contributed by atoms with van der Waals surface area (Å²) in [4.78, 5) is 11.1. The van der Waals surface area contributed by atoms with Gasteiger partial charge in [-0.25, -0.2) is 4.39 Å². The first kappa shape index (κ1) is 11.9. The number of likely N-dealkylation sites (N-methyl/N-ethyl adjacent to an activating group) is 1. The van der Waals surface area contributed by atoms with Gasteiger partial charge in [-0.2, -0.15) is 0 Å². The van der Waals surface area contributed by atoms with Gasteiger partial charge in [-0.15, -0.1) is 0 Å². The van der Waals surface area contributed by atoms with Crippen molar-refractivity contribution in [1.29, 1.82) is 0 Å². The van der Waals surface area contributed by atoms with Crippen molar-refractivity contribution in [3.05, 3.63) is 34.6 Å². The van der Waals surface area contributed by atoms with Crippen LogP contribution in [0, 0.1) is 5.82 Å². The highest BCUT2D eigenvalue weighted by molar-refractivity contribution is 6.31. The quantitative estimate of drug-likeness (QED) is 0.819. The Labute approximate surface area is 92.6 Å². The van der Waals surface area contributed by atoms with E-state index in [4.69, 9.17) is 11.6 Å². The van der Waals surface area contributed by atoms with Gasteiger partial charge in [-0.3, -0.25) is 4.79 Å². The maximum atomic E-state index is 13.2. The first-order valence-electron chi connectivity index (χ1n) is 4.49. The van der Waals surface area contributed by atoms with Crippen molar-refractivity contribution in [3.63, 3.8) is 0 Å². The number of benzene rings is 1. The van der Waals surface area contributed by atoms with E-state index in [-0.39, 0.29) is 19.0 Å². The molecule has 0 fully saturated rings. The second-order valence-electron chi connectivity index (χ2n) is 3.01. The van der Waals surface area contributed by atoms with Crippen molar-refractivity contribution in [3.8, 4) is 0 Å². The molecular formula is C10H12ClFN2O. The summed E-state index contributed by atoms with van der Waals surface area (Å²) < 4.78 is 13.2. The summed E-state index contributed by atoms with van der Waals surface area (Å²) in [5.41, 5.74) is 0.309. The van der Waals surface area contributed by atoms with Crippen LogP contribution in [0.15, 0.2) is 18.2 Å². The van der Waals surface area contributed by atoms with Crippen LogP contribution in [0.2, 0.25) is 5.02 Å². The van der Waals surface area contributed by atoms with Gasteiger partial charge in [0.2, 0.25) is 5.91 Å². The standard InChI is InChI=1S/C10H12ClFN2O/c1-13-6-10(15)14-5-7-8(11)3-2-4-9(7)12/h2-4,13H,5-6H2,1H3,(H,14,15). The molecule has 0 radical (unpaired) electrons. The third kappa shape index (κ3) is 3.49. The number of carbonyl (C=O) groups excluding carboxylic acids is 1. The minimum absolute atomic E-state index is 0.103. The van der Waals surface area contributed by atoms with E-state index in [0.717, 1.165) is 0 Å². The van der Waals surface area contributed by atoms with Crippen LogP contribution in [0.4, 0.5) is 4.39 Å². The average molecular weight is 231 g/mol. The predicted octanol–water partition coefficient (Wildman–Crippen LogP) is 1.31. The van der Waals surface area contributed by atoms with E-state index in [1.54, 1.807) is 13.1 Å². The highest BCUT2D eigenvalue weighted by atomic mass is 35.5. The fourth-order valence-electron chi connectivity index (χ4n) is 1.11. The molecule has 0 aromatic heterocycles. The van der Waals surface area contributed by atoms with Crippen LogP contribution >= 0.6 is 11.6 Å². The number of hydrogen-bond donors (Lipinski definition) is 2. The maximum absolute atomic E-state index is 13.2. The molecule has 1 aromatic carbocycles. The Morgan fingerprint density at radius 1 is 1.53 bits per heavy atom. The van der Waals surface area contributed by atoms with Crippen molar-refractivity contribution >= 4 is 17.5 Å². The average Bonchev–Trinajstić information content (AvgIpc) is 2.17. The molecule has 0 aliphatic carbocycles. The normalized spacial score (nSPS) is 10.1. The summed E-state index contributed by atoms with van der Waals surface area (Å²) in [5, 5.41) is 5.57. The summed E-state index contributed by atoms with van der Waals surface area (Å²) in [7, 11) is 1.66. The smallest absolute Gasteiger partial charge is 0.234 e. The van der Waals surface area contributed by atoms with Crippen molar-refractivity contribution in [2.45, 2.75) is 6.54 Å². The molecule has 0 bridgehead atoms. The molecule has 0 unspecified atom stereocenters. The summed E-state index contributed by atoms with van der Waals surface area (Å²) >= 11 is 5.78. The summed E-state index contributed by atoms with van der Waals surface area (Å²) in [6.07, 6.45) is 0. The van der Waals surface area contributed by atoms with Gasteiger partial charge in [-0.1, -0.05) is 17.7 Å². The third-order valence-electron chi connectivity index (χ3n) is 1.86. The monoisotopic (exact) mass is 230 g/mol. The lowest BCUT2D eigenvalue weighted by Crippen LogP contribution is -2.31. The molecule has 3 nitrogen and oxygen atoms in total. The molecule has 15 heavy (non-hydrogen) atoms. The molecule has 1 rings (SSSR count). The Bertz CT molecular complexity index is 337. The van der Waals surface area contributed by atoms with Crippen LogP contribution in [0.5, 0.6) is 0 Å². The lowest BCUT2D eigenvalue weighted by atomic mass is 10.2. The Hall–Kier alpha value is -1.13. The van der Waals surface area contributed by atoms with Crippen molar-refractivity contribution in [2.24, 2.45) is 0 Å². The van der Waals surface area contributed by atoms with E-state index in [9.17, 15) is 9.18 Å². The molecule has 0 saturated heterocycles. The largest absolute Gasteiger partial charge is 0.351 e. The van der Waals surface area contributed by atoms with Crippen LogP contribution in [0.25, 0.3) is 0 Å². The maximum Gasteiger partial charge on any atom is 0.234 e. The first-order chi connectivity index (χ1) is 7.15. The molecule has 5 heteroatoms. The number of amides is 1. The van der Waals surface area contributed by atoms with Crippen LogP contribution in [0.3, 0.4) is 0 Å². The number of rotatable bonds is 4. The highest BCUT2D eigenvalue weighted by Crippen LogP contribution is 2.18. The molecule has 0 saturated carbocycles. The third-order valence-corrected chi connectivity index (χ3v) is 2.22. The molecule has 0 atom stereocenters. The zero-order valence-corrected chi connectivity index (χ0v) is 9.07. The van der Waals surface area contributed by atoms with Crippen LogP contribution in [-0.2, 0) is 11.3 Å². The Kier molecular flexibility index (Phi) is 4.52. The molecule has 0 spiro atoms. The molecule has 0 aliphatic heterocycles. The van der Waals surface area contributed by atoms with E-state index < -0.39 is 5.82 Å². The van der Waals surface area contributed by atoms with Gasteiger partial charge in [-0.05, 0) is 19.2 Å². The molecule has 1 amide bonds. The van der Waals surface area contributed by atoms with Gasteiger partial charge in [0.15, 0.2) is 0 Å². The lowest BCUT2D eigenvalue weighted by molar-refractivity contribution is -0.120. The van der Waals surface area contributed by atoms with Gasteiger partial charge in [0.25, 0.3) is 0 Å². The van der Waals surface area contributed by atoms with Crippen LogP contribution in [-0.4, -0.2) is 19.5 Å². The van der Waals surface area contributed by atoms with E-state index in [1.165, 1.54) is 12.1 Å². The SMILES string of the molecule is CNCC(=O)NCc1c(F)cccc1Cl. The second-order valence-corrected chi connectivity index (χ2v) is 3.41. The molecule has 1 aromatic rings. The molecule has 82 valence electrons. The zero-order valence-electron chi connectivity index (χ0n) is 8.31. The second kappa shape index (κ2) is 5.68. The topological polar surface area (TPSA) is 41.1 Å². The van der Waals surface area contributed by atoms with Gasteiger partial charge >= 0.3 is 0 Å². The van der Waals surface area contributed by atoms with E-state index >= 15 is 0 Å². The zero-order chi connectivity index (χ0) is 11.3. The minimum Gasteiger partial charge on any atom is -0.351 e. The van der Waals surface area contributed by atoms with Gasteiger partial charge in [0, 0.05) is 17.1 Å². The fourth-order valence-corrected chi connectivity index (χ4v) is 1.34. The van der Waals surface area contributed by atoms with Crippen LogP contribution in [0.1, 0.15) is 5.56 Å². The van der Waals surface area contributed by atoms with Gasteiger partial charge < -0.3 is 10.6 Å². The summed E-state index contributed by atoms with van der Waals surface area (Å²) in [6, 6.07) is 4.42. The van der Waals surface area contributed by atoms with Crippen molar-refractivity contribution < 1.29 is 9.18 Å². The number of nitrogens with one attached hydrogen (secondary N) is 2. The molecule has 0 aliphatic rings. The number of carbonyl (C=O) groups is 1. The predicted molar refractivity (Wildman–Crippen MR) is 57.2 cm³/mol. The molecule has 2 N–H and O–H groups in total. The first-order valence-corrected chi connectivity index (χ1v) is 4.87.